The third-order valence-corrected chi connectivity index (χ3v) is 2.68. The van der Waals surface area contributed by atoms with Crippen LogP contribution in [0.5, 0.6) is 0 Å². The predicted octanol–water partition coefficient (Wildman–Crippen LogP) is 2.57. The largest absolute Gasteiger partial charge is 0.396 e. The van der Waals surface area contributed by atoms with Crippen LogP contribution >= 0.6 is 11.8 Å². The van der Waals surface area contributed by atoms with E-state index in [4.69, 9.17) is 5.73 Å². The number of nitrogen functional groups attached to an aromatic ring is 1. The molecule has 0 spiro atoms. The summed E-state index contributed by atoms with van der Waals surface area (Å²) in [6, 6.07) is 2.60. The first-order chi connectivity index (χ1) is 8.02. The molecule has 90 valence electrons. The van der Waals surface area contributed by atoms with Crippen molar-refractivity contribution in [1.29, 1.82) is 0 Å². The van der Waals surface area contributed by atoms with Crippen molar-refractivity contribution in [1.82, 2.24) is 0 Å². The average molecular weight is 255 g/mol. The van der Waals surface area contributed by atoms with Crippen LogP contribution in [0, 0.1) is 23.5 Å². The van der Waals surface area contributed by atoms with Gasteiger partial charge in [-0.2, -0.15) is 0 Å². The third-order valence-electron chi connectivity index (χ3n) is 1.87. The van der Waals surface area contributed by atoms with Gasteiger partial charge in [0.1, 0.15) is 0 Å². The van der Waals surface area contributed by atoms with Crippen molar-refractivity contribution in [3.8, 4) is 11.8 Å². The van der Waals surface area contributed by atoms with Crippen molar-refractivity contribution in [2.24, 2.45) is 0 Å². The molecular weight excluding hydrogens is 244 g/mol. The number of hydrogen-bond acceptors (Lipinski definition) is 3. The van der Waals surface area contributed by atoms with E-state index < -0.39 is 11.6 Å². The lowest BCUT2D eigenvalue weighted by Crippen LogP contribution is -1.96. The van der Waals surface area contributed by atoms with Crippen molar-refractivity contribution in [3.05, 3.63) is 29.3 Å². The number of hydrogen-bond donors (Lipinski definition) is 1. The summed E-state index contributed by atoms with van der Waals surface area (Å²) in [4.78, 5) is 10.6. The maximum Gasteiger partial charge on any atom is 0.185 e. The highest BCUT2D eigenvalue weighted by Gasteiger charge is 2.09. The molecule has 0 saturated carbocycles. The van der Waals surface area contributed by atoms with E-state index in [1.807, 2.05) is 0 Å². The van der Waals surface area contributed by atoms with Gasteiger partial charge in [0.25, 0.3) is 0 Å². The number of halogens is 2. The highest BCUT2D eigenvalue weighted by molar-refractivity contribution is 8.13. The summed E-state index contributed by atoms with van der Waals surface area (Å²) in [6.45, 7) is 1.47. The Morgan fingerprint density at radius 1 is 1.41 bits per heavy atom. The van der Waals surface area contributed by atoms with Crippen molar-refractivity contribution in [2.75, 3.05) is 11.5 Å². The molecule has 0 aliphatic heterocycles. The maximum absolute atomic E-state index is 13.3. The van der Waals surface area contributed by atoms with Crippen LogP contribution in [0.4, 0.5) is 14.5 Å². The van der Waals surface area contributed by atoms with Crippen LogP contribution in [0.15, 0.2) is 12.1 Å². The zero-order valence-corrected chi connectivity index (χ0v) is 10.0. The van der Waals surface area contributed by atoms with E-state index in [0.717, 1.165) is 11.8 Å². The Morgan fingerprint density at radius 3 is 2.76 bits per heavy atom. The molecule has 0 amide bonds. The van der Waals surface area contributed by atoms with Gasteiger partial charge in [-0.05, 0) is 12.1 Å². The van der Waals surface area contributed by atoms with Gasteiger partial charge in [-0.3, -0.25) is 4.79 Å². The molecule has 0 aliphatic carbocycles. The molecule has 0 unspecified atom stereocenters. The molecule has 0 heterocycles. The molecule has 5 heteroatoms. The molecule has 0 radical (unpaired) electrons. The molecule has 0 saturated heterocycles. The molecule has 1 aromatic rings. The molecular formula is C12H11F2NOS. The fourth-order valence-corrected chi connectivity index (χ4v) is 1.56. The highest BCUT2D eigenvalue weighted by Crippen LogP contribution is 2.16. The molecule has 2 nitrogen and oxygen atoms in total. The van der Waals surface area contributed by atoms with E-state index in [2.05, 4.69) is 11.8 Å². The number of anilines is 1. The van der Waals surface area contributed by atoms with Gasteiger partial charge in [0, 0.05) is 19.1 Å². The zero-order chi connectivity index (χ0) is 12.8. The first-order valence-corrected chi connectivity index (χ1v) is 5.86. The summed E-state index contributed by atoms with van der Waals surface area (Å²) >= 11 is 1.15. The summed E-state index contributed by atoms with van der Waals surface area (Å²) in [5.74, 6) is 3.62. The predicted molar refractivity (Wildman–Crippen MR) is 65.4 cm³/mol. The van der Waals surface area contributed by atoms with Crippen molar-refractivity contribution >= 4 is 22.6 Å². The van der Waals surface area contributed by atoms with Crippen LogP contribution < -0.4 is 5.73 Å². The standard InChI is InChI=1S/C12H11F2NOS/c1-8(16)17-7-3-2-4-9-5-6-10(15)12(14)11(9)13/h5-6H,3,7,15H2,1H3. The van der Waals surface area contributed by atoms with Crippen molar-refractivity contribution in [2.45, 2.75) is 13.3 Å². The van der Waals surface area contributed by atoms with Gasteiger partial charge in [0.15, 0.2) is 16.7 Å². The highest BCUT2D eigenvalue weighted by atomic mass is 32.2. The Labute approximate surface area is 103 Å². The molecule has 0 bridgehead atoms. The Bertz CT molecular complexity index is 491. The van der Waals surface area contributed by atoms with Gasteiger partial charge in [-0.25, -0.2) is 8.78 Å². The summed E-state index contributed by atoms with van der Waals surface area (Å²) in [6.07, 6.45) is 0.440. The number of carbonyl (C=O) groups is 1. The molecule has 17 heavy (non-hydrogen) atoms. The van der Waals surface area contributed by atoms with Crippen LogP contribution in [0.2, 0.25) is 0 Å². The Hall–Kier alpha value is -1.54. The normalized spacial score (nSPS) is 9.59. The number of rotatable bonds is 2. The number of carbonyl (C=O) groups excluding carboxylic acids is 1. The first kappa shape index (κ1) is 13.5. The van der Waals surface area contributed by atoms with Crippen LogP contribution in [-0.4, -0.2) is 10.9 Å². The maximum atomic E-state index is 13.3. The Balaban J connectivity index is 2.66. The summed E-state index contributed by atoms with van der Waals surface area (Å²) in [5.41, 5.74) is 4.94. The molecule has 0 fully saturated rings. The second-order valence-corrected chi connectivity index (χ2v) is 4.49. The van der Waals surface area contributed by atoms with Gasteiger partial charge in [-0.15, -0.1) is 0 Å². The Morgan fingerprint density at radius 2 is 2.12 bits per heavy atom. The van der Waals surface area contributed by atoms with Gasteiger partial charge >= 0.3 is 0 Å². The van der Waals surface area contributed by atoms with E-state index in [1.165, 1.54) is 19.1 Å². The molecule has 2 N–H and O–H groups in total. The number of thioether (sulfide) groups is 1. The van der Waals surface area contributed by atoms with Gasteiger partial charge in [0.05, 0.1) is 11.3 Å². The van der Waals surface area contributed by atoms with Crippen LogP contribution in [0.3, 0.4) is 0 Å². The fourth-order valence-electron chi connectivity index (χ4n) is 1.06. The summed E-state index contributed by atoms with van der Waals surface area (Å²) in [5, 5.41) is 0.0107. The van der Waals surface area contributed by atoms with Crippen LogP contribution in [0.1, 0.15) is 18.9 Å². The van der Waals surface area contributed by atoms with E-state index in [1.54, 1.807) is 0 Å². The molecule has 0 aromatic heterocycles. The summed E-state index contributed by atoms with van der Waals surface area (Å²) in [7, 11) is 0. The molecule has 0 aliphatic rings. The van der Waals surface area contributed by atoms with E-state index in [-0.39, 0.29) is 16.4 Å². The van der Waals surface area contributed by atoms with Crippen LogP contribution in [0.25, 0.3) is 0 Å². The second kappa shape index (κ2) is 6.26. The second-order valence-electron chi connectivity index (χ2n) is 3.22. The lowest BCUT2D eigenvalue weighted by molar-refractivity contribution is -0.109. The lowest BCUT2D eigenvalue weighted by atomic mass is 10.2. The lowest BCUT2D eigenvalue weighted by Gasteiger charge is -1.99. The zero-order valence-electron chi connectivity index (χ0n) is 9.22. The molecule has 1 rings (SSSR count). The van der Waals surface area contributed by atoms with Crippen molar-refractivity contribution in [3.63, 3.8) is 0 Å². The minimum absolute atomic E-state index is 0.0107. The number of benzene rings is 1. The van der Waals surface area contributed by atoms with Gasteiger partial charge in [-0.1, -0.05) is 23.6 Å². The minimum Gasteiger partial charge on any atom is -0.396 e. The smallest absolute Gasteiger partial charge is 0.185 e. The minimum atomic E-state index is -1.07. The summed E-state index contributed by atoms with van der Waals surface area (Å²) < 4.78 is 26.3. The molecule has 0 atom stereocenters. The molecule has 1 aromatic carbocycles. The van der Waals surface area contributed by atoms with Crippen LogP contribution in [-0.2, 0) is 4.79 Å². The SMILES string of the molecule is CC(=O)SCCC#Cc1ccc(N)c(F)c1F. The van der Waals surface area contributed by atoms with Gasteiger partial charge < -0.3 is 5.73 Å². The quantitative estimate of drug-likeness (QED) is 0.502. The van der Waals surface area contributed by atoms with E-state index >= 15 is 0 Å². The topological polar surface area (TPSA) is 43.1 Å². The Kier molecular flexibility index (Phi) is 4.98. The van der Waals surface area contributed by atoms with E-state index in [0.29, 0.717) is 12.2 Å². The average Bonchev–Trinajstić information content (AvgIpc) is 2.28. The van der Waals surface area contributed by atoms with E-state index in [9.17, 15) is 13.6 Å². The number of nitrogens with two attached hydrogens (primary N) is 1. The monoisotopic (exact) mass is 255 g/mol. The van der Waals surface area contributed by atoms with Gasteiger partial charge in [0.2, 0.25) is 0 Å². The third kappa shape index (κ3) is 4.08. The first-order valence-electron chi connectivity index (χ1n) is 4.88. The van der Waals surface area contributed by atoms with Crippen molar-refractivity contribution < 1.29 is 13.6 Å². The fraction of sp³-hybridized carbons (Fsp3) is 0.250.